The minimum atomic E-state index is 0.179. The molecular weight excluding hydrogens is 318 g/mol. The van der Waals surface area contributed by atoms with E-state index in [1.54, 1.807) is 0 Å². The fraction of sp³-hybridized carbons (Fsp3) is 0.833. The fourth-order valence-corrected chi connectivity index (χ4v) is 4.19. The smallest absolute Gasteiger partial charge is 0.266 e. The second kappa shape index (κ2) is 6.59. The van der Waals surface area contributed by atoms with Crippen LogP contribution < -0.4 is 4.90 Å². The van der Waals surface area contributed by atoms with Crippen LogP contribution in [-0.4, -0.2) is 72.7 Å². The highest BCUT2D eigenvalue weighted by Gasteiger charge is 2.42. The molecule has 7 nitrogen and oxygen atoms in total. The van der Waals surface area contributed by atoms with Crippen molar-refractivity contribution in [3.05, 3.63) is 5.89 Å². The lowest BCUT2D eigenvalue weighted by atomic mass is 9.73. The molecule has 1 saturated carbocycles. The highest BCUT2D eigenvalue weighted by atomic mass is 16.5. The molecule has 25 heavy (non-hydrogen) atoms. The zero-order valence-electron chi connectivity index (χ0n) is 15.4. The molecule has 1 amide bonds. The van der Waals surface area contributed by atoms with Gasteiger partial charge in [-0.15, -0.1) is 0 Å². The van der Waals surface area contributed by atoms with E-state index in [2.05, 4.69) is 38.9 Å². The predicted molar refractivity (Wildman–Crippen MR) is 94.5 cm³/mol. The molecule has 3 heterocycles. The maximum absolute atomic E-state index is 12.3. The van der Waals surface area contributed by atoms with E-state index in [0.29, 0.717) is 18.2 Å². The first-order valence-corrected chi connectivity index (χ1v) is 9.56. The normalized spacial score (nSPS) is 27.6. The van der Waals surface area contributed by atoms with Gasteiger partial charge in [-0.1, -0.05) is 0 Å². The summed E-state index contributed by atoms with van der Waals surface area (Å²) >= 11 is 0. The summed E-state index contributed by atoms with van der Waals surface area (Å²) in [5.74, 6) is 2.35. The summed E-state index contributed by atoms with van der Waals surface area (Å²) in [6, 6.07) is 0. The molecular formula is C18H29N5O2. The van der Waals surface area contributed by atoms with Crippen molar-refractivity contribution in [2.45, 2.75) is 44.4 Å². The Balaban J connectivity index is 1.44. The molecule has 0 bridgehead atoms. The van der Waals surface area contributed by atoms with Gasteiger partial charge in [-0.05, 0) is 51.4 Å². The van der Waals surface area contributed by atoms with Crippen molar-refractivity contribution in [2.24, 2.45) is 5.41 Å². The monoisotopic (exact) mass is 347 g/mol. The van der Waals surface area contributed by atoms with Gasteiger partial charge in [-0.2, -0.15) is 4.98 Å². The van der Waals surface area contributed by atoms with E-state index in [9.17, 15) is 4.79 Å². The lowest BCUT2D eigenvalue weighted by Crippen LogP contribution is -2.55. The maximum atomic E-state index is 12.3. The number of hydrogen-bond donors (Lipinski definition) is 0. The summed E-state index contributed by atoms with van der Waals surface area (Å²) in [6.45, 7) is 4.52. The second-order valence-electron chi connectivity index (χ2n) is 8.35. The molecule has 7 heteroatoms. The Morgan fingerprint density at radius 1 is 1.28 bits per heavy atom. The van der Waals surface area contributed by atoms with Gasteiger partial charge in [0.15, 0.2) is 0 Å². The van der Waals surface area contributed by atoms with Gasteiger partial charge in [-0.3, -0.25) is 4.79 Å². The molecule has 1 spiro atoms. The molecule has 3 fully saturated rings. The number of piperidine rings is 2. The Hall–Kier alpha value is -1.63. The van der Waals surface area contributed by atoms with Gasteiger partial charge in [-0.25, -0.2) is 0 Å². The fourth-order valence-electron chi connectivity index (χ4n) is 4.19. The SMILES string of the molecule is CN(C)CCN1C[C@]2(CCCN(c3noc(C4CC4)n3)C2)CCC1=O. The average molecular weight is 347 g/mol. The molecule has 0 radical (unpaired) electrons. The molecule has 0 unspecified atom stereocenters. The molecule has 1 aromatic heterocycles. The Bertz CT molecular complexity index is 627. The number of nitrogens with zero attached hydrogens (tertiary/aromatic N) is 5. The molecule has 3 aliphatic rings. The Morgan fingerprint density at radius 2 is 2.12 bits per heavy atom. The second-order valence-corrected chi connectivity index (χ2v) is 8.35. The number of likely N-dealkylation sites (N-methyl/N-ethyl adjacent to an activating group) is 1. The molecule has 1 atom stereocenters. The van der Waals surface area contributed by atoms with Crippen LogP contribution in [0, 0.1) is 5.41 Å². The van der Waals surface area contributed by atoms with Gasteiger partial charge in [0, 0.05) is 50.5 Å². The summed E-state index contributed by atoms with van der Waals surface area (Å²) in [6.07, 6.45) is 6.31. The number of aromatic nitrogens is 2. The number of rotatable bonds is 5. The number of carbonyl (C=O) groups is 1. The summed E-state index contributed by atoms with van der Waals surface area (Å²) in [5, 5.41) is 4.23. The van der Waals surface area contributed by atoms with E-state index < -0.39 is 0 Å². The van der Waals surface area contributed by atoms with E-state index in [1.165, 1.54) is 19.3 Å². The first-order chi connectivity index (χ1) is 12.0. The molecule has 0 aromatic carbocycles. The Morgan fingerprint density at radius 3 is 2.88 bits per heavy atom. The third kappa shape index (κ3) is 3.66. The van der Waals surface area contributed by atoms with Crippen molar-refractivity contribution >= 4 is 11.9 Å². The van der Waals surface area contributed by atoms with Crippen LogP contribution in [0.25, 0.3) is 0 Å². The van der Waals surface area contributed by atoms with Gasteiger partial charge in [0.2, 0.25) is 11.8 Å². The topological polar surface area (TPSA) is 65.7 Å². The van der Waals surface area contributed by atoms with Gasteiger partial charge >= 0.3 is 0 Å². The average Bonchev–Trinajstić information content (AvgIpc) is 3.33. The van der Waals surface area contributed by atoms with Gasteiger partial charge in [0.1, 0.15) is 0 Å². The van der Waals surface area contributed by atoms with Crippen LogP contribution >= 0.6 is 0 Å². The van der Waals surface area contributed by atoms with Crippen LogP contribution in [0.15, 0.2) is 4.52 Å². The number of likely N-dealkylation sites (tertiary alicyclic amines) is 1. The van der Waals surface area contributed by atoms with Crippen LogP contribution in [0.1, 0.15) is 50.3 Å². The standard InChI is InChI=1S/C18H29N5O2/c1-21(2)10-11-22-12-18(8-6-15(22)24)7-3-9-23(13-18)17-19-16(25-20-17)14-4-5-14/h14H,3-13H2,1-2H3/t18-/m0/s1. The summed E-state index contributed by atoms with van der Waals surface area (Å²) < 4.78 is 5.45. The first-order valence-electron chi connectivity index (χ1n) is 9.56. The van der Waals surface area contributed by atoms with Gasteiger partial charge in [0.25, 0.3) is 5.95 Å². The summed E-state index contributed by atoms with van der Waals surface area (Å²) in [4.78, 5) is 23.4. The van der Waals surface area contributed by atoms with E-state index in [1.807, 2.05) is 0 Å². The van der Waals surface area contributed by atoms with Crippen LogP contribution in [0.4, 0.5) is 5.95 Å². The van der Waals surface area contributed by atoms with E-state index in [4.69, 9.17) is 4.52 Å². The van der Waals surface area contributed by atoms with E-state index in [-0.39, 0.29) is 5.41 Å². The van der Waals surface area contributed by atoms with E-state index >= 15 is 0 Å². The zero-order chi connectivity index (χ0) is 17.4. The third-order valence-corrected chi connectivity index (χ3v) is 5.87. The maximum Gasteiger partial charge on any atom is 0.266 e. The van der Waals surface area contributed by atoms with Crippen molar-refractivity contribution in [3.8, 4) is 0 Å². The van der Waals surface area contributed by atoms with Crippen molar-refractivity contribution in [2.75, 3.05) is 51.7 Å². The Kier molecular flexibility index (Phi) is 4.43. The number of anilines is 1. The van der Waals surface area contributed by atoms with Crippen molar-refractivity contribution < 1.29 is 9.32 Å². The first kappa shape index (κ1) is 16.8. The highest BCUT2D eigenvalue weighted by Crippen LogP contribution is 2.42. The number of carbonyl (C=O) groups excluding carboxylic acids is 1. The minimum absolute atomic E-state index is 0.179. The van der Waals surface area contributed by atoms with Crippen molar-refractivity contribution in [1.29, 1.82) is 0 Å². The molecule has 138 valence electrons. The molecule has 2 aliphatic heterocycles. The molecule has 2 saturated heterocycles. The molecule has 0 N–H and O–H groups in total. The summed E-state index contributed by atoms with van der Waals surface area (Å²) in [5.41, 5.74) is 0.179. The van der Waals surface area contributed by atoms with Gasteiger partial charge < -0.3 is 19.2 Å². The number of amides is 1. The van der Waals surface area contributed by atoms with E-state index in [0.717, 1.165) is 57.4 Å². The van der Waals surface area contributed by atoms with Gasteiger partial charge in [0.05, 0.1) is 0 Å². The Labute approximate surface area is 149 Å². The number of hydrogen-bond acceptors (Lipinski definition) is 6. The molecule has 1 aromatic rings. The molecule has 4 rings (SSSR count). The van der Waals surface area contributed by atoms with Crippen LogP contribution in [0.5, 0.6) is 0 Å². The summed E-state index contributed by atoms with van der Waals surface area (Å²) in [7, 11) is 4.11. The highest BCUT2D eigenvalue weighted by molar-refractivity contribution is 5.77. The van der Waals surface area contributed by atoms with Crippen molar-refractivity contribution in [1.82, 2.24) is 19.9 Å². The zero-order valence-corrected chi connectivity index (χ0v) is 15.4. The lowest BCUT2D eigenvalue weighted by Gasteiger charge is -2.48. The van der Waals surface area contributed by atoms with Crippen molar-refractivity contribution in [3.63, 3.8) is 0 Å². The van der Waals surface area contributed by atoms with Crippen LogP contribution in [0.3, 0.4) is 0 Å². The molecule has 1 aliphatic carbocycles. The largest absolute Gasteiger partial charge is 0.341 e. The third-order valence-electron chi connectivity index (χ3n) is 5.87. The minimum Gasteiger partial charge on any atom is -0.341 e. The quantitative estimate of drug-likeness (QED) is 0.808. The van der Waals surface area contributed by atoms with Crippen LogP contribution in [-0.2, 0) is 4.79 Å². The lowest BCUT2D eigenvalue weighted by molar-refractivity contribution is -0.138. The predicted octanol–water partition coefficient (Wildman–Crippen LogP) is 1.72. The van der Waals surface area contributed by atoms with Crippen LogP contribution in [0.2, 0.25) is 0 Å².